The first-order valence-corrected chi connectivity index (χ1v) is 3.17. The Morgan fingerprint density at radius 2 is 2.40 bits per heavy atom. The first-order valence-electron chi connectivity index (χ1n) is 3.17. The van der Waals surface area contributed by atoms with Gasteiger partial charge >= 0.3 is 0 Å². The predicted octanol–water partition coefficient (Wildman–Crippen LogP) is 1.36. The van der Waals surface area contributed by atoms with E-state index in [9.17, 15) is 0 Å². The Labute approximate surface area is 61.6 Å². The van der Waals surface area contributed by atoms with Crippen LogP contribution in [0.15, 0.2) is 24.8 Å². The third kappa shape index (κ3) is 3.06. The first-order chi connectivity index (χ1) is 4.72. The molecule has 54 valence electrons. The van der Waals surface area contributed by atoms with Gasteiger partial charge in [-0.1, -0.05) is 12.7 Å². The normalized spacial score (nSPS) is 11.6. The molecule has 0 aromatic heterocycles. The number of rotatable bonds is 4. The third-order valence-electron chi connectivity index (χ3n) is 1.27. The van der Waals surface area contributed by atoms with E-state index in [0.717, 1.165) is 12.8 Å². The zero-order valence-electron chi connectivity index (χ0n) is 6.01. The number of nitriles is 1. The predicted molar refractivity (Wildman–Crippen MR) is 42.2 cm³/mol. The molecule has 2 heteroatoms. The molecule has 0 aliphatic rings. The third-order valence-corrected chi connectivity index (χ3v) is 1.27. The average Bonchev–Trinajstić information content (AvgIpc) is 1.98. The monoisotopic (exact) mass is 136 g/mol. The highest BCUT2D eigenvalue weighted by Crippen LogP contribution is 2.02. The summed E-state index contributed by atoms with van der Waals surface area (Å²) >= 11 is 0. The van der Waals surface area contributed by atoms with Crippen molar-refractivity contribution in [3.8, 4) is 6.07 Å². The molecule has 0 heterocycles. The van der Waals surface area contributed by atoms with E-state index in [4.69, 9.17) is 11.0 Å². The summed E-state index contributed by atoms with van der Waals surface area (Å²) in [5.74, 6) is 0. The van der Waals surface area contributed by atoms with Gasteiger partial charge < -0.3 is 5.73 Å². The fourth-order valence-corrected chi connectivity index (χ4v) is 0.555. The minimum atomic E-state index is -0.192. The molecule has 0 rings (SSSR count). The maximum absolute atomic E-state index is 8.35. The topological polar surface area (TPSA) is 49.8 Å². The molecule has 0 saturated heterocycles. The number of hydrogen-bond donors (Lipinski definition) is 1. The molecule has 1 atom stereocenters. The van der Waals surface area contributed by atoms with Crippen LogP contribution in [-0.4, -0.2) is 6.04 Å². The van der Waals surface area contributed by atoms with Gasteiger partial charge in [-0.2, -0.15) is 5.26 Å². The van der Waals surface area contributed by atoms with Gasteiger partial charge in [0.2, 0.25) is 0 Å². The van der Waals surface area contributed by atoms with E-state index in [1.165, 1.54) is 0 Å². The summed E-state index contributed by atoms with van der Waals surface area (Å²) in [4.78, 5) is 0. The molecule has 0 saturated carbocycles. The van der Waals surface area contributed by atoms with Gasteiger partial charge in [-0.15, -0.1) is 6.58 Å². The highest BCUT2D eigenvalue weighted by molar-refractivity contribution is 5.22. The molecule has 2 N–H and O–H groups in total. The Morgan fingerprint density at radius 1 is 1.80 bits per heavy atom. The lowest BCUT2D eigenvalue weighted by Crippen LogP contribution is -2.20. The maximum atomic E-state index is 8.35. The van der Waals surface area contributed by atoms with E-state index in [-0.39, 0.29) is 6.04 Å². The summed E-state index contributed by atoms with van der Waals surface area (Å²) in [6, 6.07) is 1.73. The van der Waals surface area contributed by atoms with Gasteiger partial charge in [0.25, 0.3) is 0 Å². The van der Waals surface area contributed by atoms with Crippen LogP contribution in [0, 0.1) is 11.3 Å². The standard InChI is InChI=1S/C8H12N2/c1-3-4-5-8(10)7(2)6-9/h3,8H,1-2,4-5,10H2. The summed E-state index contributed by atoms with van der Waals surface area (Å²) in [6.07, 6.45) is 3.38. The van der Waals surface area contributed by atoms with Gasteiger partial charge in [0, 0.05) is 11.6 Å². The average molecular weight is 136 g/mol. The van der Waals surface area contributed by atoms with Crippen LogP contribution in [-0.2, 0) is 0 Å². The Morgan fingerprint density at radius 3 is 2.80 bits per heavy atom. The summed E-state index contributed by atoms with van der Waals surface area (Å²) < 4.78 is 0. The Kier molecular flexibility index (Phi) is 4.26. The van der Waals surface area contributed by atoms with Gasteiger partial charge in [-0.25, -0.2) is 0 Å². The van der Waals surface area contributed by atoms with Crippen LogP contribution in [0.3, 0.4) is 0 Å². The quantitative estimate of drug-likeness (QED) is 0.468. The van der Waals surface area contributed by atoms with Crippen LogP contribution < -0.4 is 5.73 Å². The molecule has 0 amide bonds. The van der Waals surface area contributed by atoms with Crippen LogP contribution >= 0.6 is 0 Å². The second-order valence-electron chi connectivity index (χ2n) is 2.11. The summed E-state index contributed by atoms with van der Waals surface area (Å²) in [6.45, 7) is 7.06. The Hall–Kier alpha value is -1.07. The van der Waals surface area contributed by atoms with Crippen molar-refractivity contribution in [2.45, 2.75) is 18.9 Å². The molecule has 0 spiro atoms. The fraction of sp³-hybridized carbons (Fsp3) is 0.375. The number of nitrogens with zero attached hydrogens (tertiary/aromatic N) is 1. The van der Waals surface area contributed by atoms with E-state index >= 15 is 0 Å². The second-order valence-corrected chi connectivity index (χ2v) is 2.11. The minimum absolute atomic E-state index is 0.192. The number of hydrogen-bond acceptors (Lipinski definition) is 2. The van der Waals surface area contributed by atoms with Crippen molar-refractivity contribution in [3.63, 3.8) is 0 Å². The molecule has 0 radical (unpaired) electrons. The highest BCUT2D eigenvalue weighted by atomic mass is 14.6. The minimum Gasteiger partial charge on any atom is -0.323 e. The second kappa shape index (κ2) is 4.78. The zero-order valence-corrected chi connectivity index (χ0v) is 6.01. The lowest BCUT2D eigenvalue weighted by Gasteiger charge is -2.05. The van der Waals surface area contributed by atoms with Crippen molar-refractivity contribution in [2.24, 2.45) is 5.73 Å². The smallest absolute Gasteiger partial charge is 0.0957 e. The van der Waals surface area contributed by atoms with Crippen LogP contribution in [0.1, 0.15) is 12.8 Å². The molecule has 0 aliphatic heterocycles. The molecular weight excluding hydrogens is 124 g/mol. The molecule has 0 aromatic rings. The van der Waals surface area contributed by atoms with Crippen molar-refractivity contribution < 1.29 is 0 Å². The zero-order chi connectivity index (χ0) is 7.98. The van der Waals surface area contributed by atoms with Crippen molar-refractivity contribution >= 4 is 0 Å². The summed E-state index contributed by atoms with van der Waals surface area (Å²) in [5.41, 5.74) is 5.99. The molecule has 0 aliphatic carbocycles. The van der Waals surface area contributed by atoms with E-state index < -0.39 is 0 Å². The number of allylic oxidation sites excluding steroid dienone is 1. The van der Waals surface area contributed by atoms with Crippen LogP contribution in [0.4, 0.5) is 0 Å². The molecule has 0 bridgehead atoms. The van der Waals surface area contributed by atoms with E-state index in [0.29, 0.717) is 5.57 Å². The van der Waals surface area contributed by atoms with Gasteiger partial charge in [-0.05, 0) is 12.8 Å². The van der Waals surface area contributed by atoms with Crippen LogP contribution in [0.25, 0.3) is 0 Å². The highest BCUT2D eigenvalue weighted by Gasteiger charge is 2.03. The van der Waals surface area contributed by atoms with E-state index in [2.05, 4.69) is 13.2 Å². The van der Waals surface area contributed by atoms with Crippen molar-refractivity contribution in [1.29, 1.82) is 5.26 Å². The van der Waals surface area contributed by atoms with E-state index in [1.807, 2.05) is 6.07 Å². The Balaban J connectivity index is 3.64. The van der Waals surface area contributed by atoms with Gasteiger partial charge in [0.05, 0.1) is 6.07 Å². The molecule has 2 nitrogen and oxygen atoms in total. The van der Waals surface area contributed by atoms with Gasteiger partial charge in [0.1, 0.15) is 0 Å². The van der Waals surface area contributed by atoms with E-state index in [1.54, 1.807) is 6.08 Å². The van der Waals surface area contributed by atoms with Crippen molar-refractivity contribution in [1.82, 2.24) is 0 Å². The molecule has 1 unspecified atom stereocenters. The van der Waals surface area contributed by atoms with Gasteiger partial charge in [0.15, 0.2) is 0 Å². The molecule has 10 heavy (non-hydrogen) atoms. The molecule has 0 fully saturated rings. The van der Waals surface area contributed by atoms with Crippen molar-refractivity contribution in [3.05, 3.63) is 24.8 Å². The van der Waals surface area contributed by atoms with Crippen LogP contribution in [0.5, 0.6) is 0 Å². The number of nitrogens with two attached hydrogens (primary N) is 1. The maximum Gasteiger partial charge on any atom is 0.0957 e. The lowest BCUT2D eigenvalue weighted by molar-refractivity contribution is 0.716. The largest absolute Gasteiger partial charge is 0.323 e. The first kappa shape index (κ1) is 8.93. The SMILES string of the molecule is C=CCCC(N)C(=C)C#N. The summed E-state index contributed by atoms with van der Waals surface area (Å²) in [5, 5.41) is 8.35. The van der Waals surface area contributed by atoms with Crippen molar-refractivity contribution in [2.75, 3.05) is 0 Å². The van der Waals surface area contributed by atoms with Gasteiger partial charge in [-0.3, -0.25) is 0 Å². The Bertz CT molecular complexity index is 165. The summed E-state index contributed by atoms with van der Waals surface area (Å²) in [7, 11) is 0. The fourth-order valence-electron chi connectivity index (χ4n) is 0.555. The molecular formula is C8H12N2. The lowest BCUT2D eigenvalue weighted by atomic mass is 10.1. The molecule has 0 aromatic carbocycles. The van der Waals surface area contributed by atoms with Crippen LogP contribution in [0.2, 0.25) is 0 Å².